The van der Waals surface area contributed by atoms with Crippen molar-refractivity contribution in [1.82, 2.24) is 5.32 Å². The van der Waals surface area contributed by atoms with Gasteiger partial charge in [-0.1, -0.05) is 0 Å². The number of sulfonamides is 1. The van der Waals surface area contributed by atoms with E-state index in [-0.39, 0.29) is 23.0 Å². The maximum absolute atomic E-state index is 11.4. The second kappa shape index (κ2) is 7.08. The summed E-state index contributed by atoms with van der Waals surface area (Å²) < 4.78 is 27.1. The quantitative estimate of drug-likeness (QED) is 0.380. The number of ether oxygens (including phenoxy) is 1. The van der Waals surface area contributed by atoms with Crippen molar-refractivity contribution >= 4 is 27.3 Å². The van der Waals surface area contributed by atoms with Crippen molar-refractivity contribution in [3.05, 3.63) is 18.2 Å². The molecule has 0 heterocycles. The van der Waals surface area contributed by atoms with Crippen LogP contribution in [-0.2, 0) is 19.6 Å². The lowest BCUT2D eigenvalue weighted by atomic mass is 10.2. The smallest absolute Gasteiger partial charge is 0.239 e. The van der Waals surface area contributed by atoms with Crippen LogP contribution in [0.5, 0.6) is 0 Å². The van der Waals surface area contributed by atoms with Gasteiger partial charge in [-0.2, -0.15) is 0 Å². The molecule has 1 rings (SSSR count). The highest BCUT2D eigenvalue weighted by molar-refractivity contribution is 7.89. The molecule has 0 saturated heterocycles. The van der Waals surface area contributed by atoms with Crippen LogP contribution in [0.2, 0.25) is 0 Å². The summed E-state index contributed by atoms with van der Waals surface area (Å²) >= 11 is 0. The van der Waals surface area contributed by atoms with Gasteiger partial charge in [0, 0.05) is 13.7 Å². The highest BCUT2D eigenvalue weighted by atomic mass is 32.2. The molecule has 0 aliphatic carbocycles. The average molecular weight is 302 g/mol. The summed E-state index contributed by atoms with van der Waals surface area (Å²) in [5.74, 6) is -0.225. The molecule has 0 saturated carbocycles. The lowest BCUT2D eigenvalue weighted by Crippen LogP contribution is -2.32. The van der Waals surface area contributed by atoms with Crippen LogP contribution in [0.15, 0.2) is 23.1 Å². The van der Waals surface area contributed by atoms with E-state index in [2.05, 4.69) is 10.6 Å². The molecule has 8 nitrogen and oxygen atoms in total. The van der Waals surface area contributed by atoms with Gasteiger partial charge in [-0.3, -0.25) is 4.79 Å². The predicted octanol–water partition coefficient (Wildman–Crippen LogP) is -0.909. The Hall–Kier alpha value is -1.84. The number of carbonyl (C=O) groups excluding carboxylic acids is 1. The van der Waals surface area contributed by atoms with Crippen molar-refractivity contribution in [2.45, 2.75) is 4.90 Å². The van der Waals surface area contributed by atoms with Crippen molar-refractivity contribution in [1.29, 1.82) is 0 Å². The minimum atomic E-state index is -3.79. The van der Waals surface area contributed by atoms with E-state index in [4.69, 9.17) is 15.6 Å². The van der Waals surface area contributed by atoms with E-state index in [0.717, 1.165) is 0 Å². The standard InChI is InChI=1S/C11H18N4O4S/c1-19-5-4-14-11(16)7-15-10-3-2-8(6-9(10)12)20(13,17)18/h2-3,6,15H,4-5,7,12H2,1H3,(H,14,16)(H2,13,17,18). The van der Waals surface area contributed by atoms with Crippen molar-refractivity contribution < 1.29 is 17.9 Å². The Labute approximate surface area is 117 Å². The third-order valence-electron chi connectivity index (χ3n) is 2.42. The molecule has 0 unspecified atom stereocenters. The van der Waals surface area contributed by atoms with Crippen molar-refractivity contribution in [2.75, 3.05) is 37.9 Å². The van der Waals surface area contributed by atoms with Crippen LogP contribution < -0.4 is 21.5 Å². The summed E-state index contributed by atoms with van der Waals surface area (Å²) in [7, 11) is -2.25. The monoisotopic (exact) mass is 302 g/mol. The van der Waals surface area contributed by atoms with Gasteiger partial charge in [0.1, 0.15) is 0 Å². The Kier molecular flexibility index (Phi) is 5.74. The Morgan fingerprint density at radius 3 is 2.65 bits per heavy atom. The summed E-state index contributed by atoms with van der Waals surface area (Å²) in [5, 5.41) is 10.4. The van der Waals surface area contributed by atoms with Gasteiger partial charge >= 0.3 is 0 Å². The van der Waals surface area contributed by atoms with Crippen molar-refractivity contribution in [3.63, 3.8) is 0 Å². The molecule has 0 spiro atoms. The molecule has 20 heavy (non-hydrogen) atoms. The number of hydrogen-bond donors (Lipinski definition) is 4. The number of methoxy groups -OCH3 is 1. The van der Waals surface area contributed by atoms with Gasteiger partial charge in [-0.25, -0.2) is 13.6 Å². The normalized spacial score (nSPS) is 11.1. The molecule has 0 aliphatic rings. The first-order valence-electron chi connectivity index (χ1n) is 5.76. The fraction of sp³-hybridized carbons (Fsp3) is 0.364. The minimum Gasteiger partial charge on any atom is -0.397 e. The van der Waals surface area contributed by atoms with Gasteiger partial charge in [-0.15, -0.1) is 0 Å². The van der Waals surface area contributed by atoms with Gasteiger partial charge < -0.3 is 21.1 Å². The molecule has 1 amide bonds. The molecule has 0 bridgehead atoms. The lowest BCUT2D eigenvalue weighted by Gasteiger charge is -2.10. The van der Waals surface area contributed by atoms with E-state index in [1.54, 1.807) is 0 Å². The van der Waals surface area contributed by atoms with E-state index in [1.807, 2.05) is 0 Å². The zero-order valence-electron chi connectivity index (χ0n) is 11.0. The summed E-state index contributed by atoms with van der Waals surface area (Å²) in [6, 6.07) is 4.01. The first kappa shape index (κ1) is 16.2. The lowest BCUT2D eigenvalue weighted by molar-refractivity contribution is -0.119. The van der Waals surface area contributed by atoms with Crippen LogP contribution in [-0.4, -0.2) is 41.1 Å². The van der Waals surface area contributed by atoms with Crippen LogP contribution >= 0.6 is 0 Å². The van der Waals surface area contributed by atoms with E-state index >= 15 is 0 Å². The van der Waals surface area contributed by atoms with Crippen LogP contribution in [0.4, 0.5) is 11.4 Å². The van der Waals surface area contributed by atoms with Gasteiger partial charge in [0.25, 0.3) is 0 Å². The molecule has 0 fully saturated rings. The Morgan fingerprint density at radius 1 is 1.40 bits per heavy atom. The zero-order valence-corrected chi connectivity index (χ0v) is 11.9. The Morgan fingerprint density at radius 2 is 2.10 bits per heavy atom. The van der Waals surface area contributed by atoms with E-state index in [0.29, 0.717) is 18.8 Å². The maximum atomic E-state index is 11.4. The van der Waals surface area contributed by atoms with E-state index in [1.165, 1.54) is 25.3 Å². The third-order valence-corrected chi connectivity index (χ3v) is 3.33. The number of nitrogens with one attached hydrogen (secondary N) is 2. The molecular weight excluding hydrogens is 284 g/mol. The minimum absolute atomic E-state index is 0.0165. The first-order valence-corrected chi connectivity index (χ1v) is 7.31. The molecule has 1 aromatic rings. The van der Waals surface area contributed by atoms with Crippen LogP contribution in [0.25, 0.3) is 0 Å². The second-order valence-electron chi connectivity index (χ2n) is 3.99. The molecule has 112 valence electrons. The molecule has 0 aliphatic heterocycles. The van der Waals surface area contributed by atoms with Gasteiger partial charge in [0.2, 0.25) is 15.9 Å². The summed E-state index contributed by atoms with van der Waals surface area (Å²) in [6.45, 7) is 0.858. The largest absolute Gasteiger partial charge is 0.397 e. The van der Waals surface area contributed by atoms with Crippen LogP contribution in [0.3, 0.4) is 0 Å². The molecule has 0 atom stereocenters. The molecule has 0 aromatic heterocycles. The Balaban J connectivity index is 2.59. The van der Waals surface area contributed by atoms with Crippen LogP contribution in [0.1, 0.15) is 0 Å². The number of benzene rings is 1. The van der Waals surface area contributed by atoms with E-state index in [9.17, 15) is 13.2 Å². The van der Waals surface area contributed by atoms with E-state index < -0.39 is 10.0 Å². The van der Waals surface area contributed by atoms with Gasteiger partial charge in [0.05, 0.1) is 29.4 Å². The number of anilines is 2. The van der Waals surface area contributed by atoms with Crippen molar-refractivity contribution in [3.8, 4) is 0 Å². The fourth-order valence-electron chi connectivity index (χ4n) is 1.41. The van der Waals surface area contributed by atoms with Gasteiger partial charge in [0.15, 0.2) is 0 Å². The summed E-state index contributed by atoms with van der Waals surface area (Å²) in [4.78, 5) is 11.4. The Bertz CT molecular complexity index is 574. The van der Waals surface area contributed by atoms with Crippen LogP contribution in [0, 0.1) is 0 Å². The zero-order chi connectivity index (χ0) is 15.2. The predicted molar refractivity (Wildman–Crippen MR) is 75.6 cm³/mol. The first-order chi connectivity index (χ1) is 9.34. The fourth-order valence-corrected chi connectivity index (χ4v) is 1.96. The van der Waals surface area contributed by atoms with Crippen molar-refractivity contribution in [2.24, 2.45) is 5.14 Å². The average Bonchev–Trinajstić information content (AvgIpc) is 2.36. The number of rotatable bonds is 7. The molecule has 9 heteroatoms. The maximum Gasteiger partial charge on any atom is 0.239 e. The second-order valence-corrected chi connectivity index (χ2v) is 5.55. The third kappa shape index (κ3) is 5.03. The summed E-state index contributed by atoms with van der Waals surface area (Å²) in [5.41, 5.74) is 6.34. The SMILES string of the molecule is COCCNC(=O)CNc1ccc(S(N)(=O)=O)cc1N. The highest BCUT2D eigenvalue weighted by Crippen LogP contribution is 2.21. The number of primary sulfonamides is 1. The highest BCUT2D eigenvalue weighted by Gasteiger charge is 2.10. The topological polar surface area (TPSA) is 137 Å². The molecule has 0 radical (unpaired) electrons. The number of carbonyl (C=O) groups is 1. The van der Waals surface area contributed by atoms with Gasteiger partial charge in [-0.05, 0) is 18.2 Å². The number of amides is 1. The number of nitrogens with two attached hydrogens (primary N) is 2. The molecule has 1 aromatic carbocycles. The summed E-state index contributed by atoms with van der Waals surface area (Å²) in [6.07, 6.45) is 0. The number of nitrogen functional groups attached to an aromatic ring is 1. The number of hydrogen-bond acceptors (Lipinski definition) is 6. The molecule has 6 N–H and O–H groups in total. The molecular formula is C11H18N4O4S.